The lowest BCUT2D eigenvalue weighted by Gasteiger charge is -2.43. The molecule has 3 heterocycles. The lowest BCUT2D eigenvalue weighted by atomic mass is 9.90. The van der Waals surface area contributed by atoms with Crippen LogP contribution in [-0.4, -0.2) is 21.5 Å². The van der Waals surface area contributed by atoms with Gasteiger partial charge in [-0.05, 0) is 30.2 Å². The fourth-order valence-electron chi connectivity index (χ4n) is 3.12. The summed E-state index contributed by atoms with van der Waals surface area (Å²) >= 11 is 0. The second-order valence-corrected chi connectivity index (χ2v) is 5.65. The number of rotatable bonds is 2. The Morgan fingerprint density at radius 3 is 2.58 bits per heavy atom. The van der Waals surface area contributed by atoms with Crippen molar-refractivity contribution >= 4 is 16.9 Å². The number of nitrogens with zero attached hydrogens (tertiary/aromatic N) is 4. The number of hydrogen-bond acceptors (Lipinski definition) is 4. The summed E-state index contributed by atoms with van der Waals surface area (Å²) in [5, 5.41) is 0.745. The lowest BCUT2D eigenvalue weighted by molar-refractivity contribution is -0.138. The molecule has 122 valence electrons. The van der Waals surface area contributed by atoms with Gasteiger partial charge in [-0.3, -0.25) is 0 Å². The van der Waals surface area contributed by atoms with Crippen LogP contribution in [0.5, 0.6) is 0 Å². The van der Waals surface area contributed by atoms with Crippen LogP contribution in [0.15, 0.2) is 48.9 Å². The lowest BCUT2D eigenvalue weighted by Crippen LogP contribution is -2.42. The summed E-state index contributed by atoms with van der Waals surface area (Å²) in [6, 6.07) is 8.99. The predicted octanol–water partition coefficient (Wildman–Crippen LogP) is 4.00. The first-order valence-corrected chi connectivity index (χ1v) is 7.54. The van der Waals surface area contributed by atoms with Crippen molar-refractivity contribution in [2.75, 3.05) is 11.4 Å². The van der Waals surface area contributed by atoms with Crippen molar-refractivity contribution < 1.29 is 13.2 Å². The third-order valence-corrected chi connectivity index (χ3v) is 4.30. The molecule has 1 atom stereocenters. The monoisotopic (exact) mass is 330 g/mol. The van der Waals surface area contributed by atoms with Crippen molar-refractivity contribution in [3.8, 4) is 0 Å². The van der Waals surface area contributed by atoms with Crippen LogP contribution in [0, 0.1) is 0 Å². The maximum Gasteiger partial charge on any atom is 0.416 e. The van der Waals surface area contributed by atoms with Gasteiger partial charge in [0.05, 0.1) is 17.0 Å². The number of pyridine rings is 1. The van der Waals surface area contributed by atoms with E-state index in [9.17, 15) is 13.2 Å². The Hall–Kier alpha value is -2.70. The predicted molar refractivity (Wildman–Crippen MR) is 83.5 cm³/mol. The highest BCUT2D eigenvalue weighted by Gasteiger charge is 2.39. The molecule has 0 spiro atoms. The quantitative estimate of drug-likeness (QED) is 0.712. The normalized spacial score (nSPS) is 17.8. The minimum absolute atomic E-state index is 0.284. The third kappa shape index (κ3) is 2.36. The molecule has 0 aliphatic carbocycles. The van der Waals surface area contributed by atoms with E-state index in [1.54, 1.807) is 24.4 Å². The van der Waals surface area contributed by atoms with Crippen molar-refractivity contribution in [2.45, 2.75) is 18.6 Å². The molecule has 3 aromatic rings. The van der Waals surface area contributed by atoms with Gasteiger partial charge in [0.15, 0.2) is 5.65 Å². The van der Waals surface area contributed by atoms with Crippen molar-refractivity contribution in [1.29, 1.82) is 0 Å². The topological polar surface area (TPSA) is 41.9 Å². The van der Waals surface area contributed by atoms with E-state index in [0.29, 0.717) is 24.4 Å². The molecule has 0 radical (unpaired) electrons. The van der Waals surface area contributed by atoms with Crippen LogP contribution in [0.2, 0.25) is 0 Å². The van der Waals surface area contributed by atoms with E-state index in [4.69, 9.17) is 0 Å². The summed E-state index contributed by atoms with van der Waals surface area (Å²) in [6.45, 7) is 0.651. The molecule has 0 bridgehead atoms. The minimum atomic E-state index is -4.37. The Kier molecular flexibility index (Phi) is 3.37. The molecule has 0 saturated carbocycles. The second kappa shape index (κ2) is 5.43. The number of aromatic nitrogens is 3. The van der Waals surface area contributed by atoms with Crippen LogP contribution in [0.3, 0.4) is 0 Å². The van der Waals surface area contributed by atoms with Crippen LogP contribution in [-0.2, 0) is 6.18 Å². The fraction of sp³-hybridized carbons (Fsp3) is 0.235. The Balaban J connectivity index is 1.78. The van der Waals surface area contributed by atoms with E-state index in [0.717, 1.165) is 11.5 Å². The average Bonchev–Trinajstić information content (AvgIpc) is 2.54. The molecule has 1 aliphatic rings. The largest absolute Gasteiger partial charge is 0.416 e. The van der Waals surface area contributed by atoms with Gasteiger partial charge >= 0.3 is 6.18 Å². The van der Waals surface area contributed by atoms with E-state index in [-0.39, 0.29) is 11.6 Å². The molecule has 1 saturated heterocycles. The third-order valence-electron chi connectivity index (χ3n) is 4.30. The van der Waals surface area contributed by atoms with E-state index in [1.807, 2.05) is 11.0 Å². The van der Waals surface area contributed by atoms with Gasteiger partial charge in [-0.25, -0.2) is 15.0 Å². The van der Waals surface area contributed by atoms with Crippen molar-refractivity contribution in [3.05, 3.63) is 60.0 Å². The number of halogens is 3. The molecule has 1 unspecified atom stereocenters. The Morgan fingerprint density at radius 1 is 1.00 bits per heavy atom. The highest BCUT2D eigenvalue weighted by atomic mass is 19.4. The van der Waals surface area contributed by atoms with Crippen LogP contribution < -0.4 is 4.90 Å². The molecule has 0 N–H and O–H groups in total. The van der Waals surface area contributed by atoms with E-state index >= 15 is 0 Å². The number of anilines is 1. The molecule has 0 amide bonds. The molecule has 2 aromatic heterocycles. The molecule has 24 heavy (non-hydrogen) atoms. The van der Waals surface area contributed by atoms with Gasteiger partial charge in [0.1, 0.15) is 12.1 Å². The first-order valence-electron chi connectivity index (χ1n) is 7.54. The molecular weight excluding hydrogens is 317 g/mol. The zero-order chi connectivity index (χ0) is 16.7. The average molecular weight is 330 g/mol. The van der Waals surface area contributed by atoms with Gasteiger partial charge in [0.2, 0.25) is 0 Å². The van der Waals surface area contributed by atoms with Crippen molar-refractivity contribution in [3.63, 3.8) is 0 Å². The molecule has 4 nitrogen and oxygen atoms in total. The first-order chi connectivity index (χ1) is 11.6. The van der Waals surface area contributed by atoms with E-state index in [2.05, 4.69) is 15.0 Å². The van der Waals surface area contributed by atoms with Crippen LogP contribution >= 0.6 is 0 Å². The molecule has 4 rings (SSSR count). The van der Waals surface area contributed by atoms with Gasteiger partial charge in [0, 0.05) is 12.7 Å². The smallest absolute Gasteiger partial charge is 0.349 e. The van der Waals surface area contributed by atoms with Gasteiger partial charge < -0.3 is 4.90 Å². The maximum atomic E-state index is 13.3. The molecular formula is C17H13F3N4. The Bertz CT molecular complexity index is 889. The summed E-state index contributed by atoms with van der Waals surface area (Å²) in [4.78, 5) is 14.5. The van der Waals surface area contributed by atoms with Gasteiger partial charge in [-0.1, -0.05) is 18.2 Å². The molecule has 7 heteroatoms. The van der Waals surface area contributed by atoms with Crippen LogP contribution in [0.1, 0.15) is 23.6 Å². The molecule has 1 aliphatic heterocycles. The molecule has 1 aromatic carbocycles. The zero-order valence-corrected chi connectivity index (χ0v) is 12.5. The summed E-state index contributed by atoms with van der Waals surface area (Å²) in [5.74, 6) is 0.626. The van der Waals surface area contributed by atoms with Crippen LogP contribution in [0.4, 0.5) is 19.0 Å². The van der Waals surface area contributed by atoms with Gasteiger partial charge in [-0.15, -0.1) is 0 Å². The number of alkyl halides is 3. The second-order valence-electron chi connectivity index (χ2n) is 5.65. The van der Waals surface area contributed by atoms with Gasteiger partial charge in [0.25, 0.3) is 0 Å². The van der Waals surface area contributed by atoms with Crippen LogP contribution in [0.25, 0.3) is 11.0 Å². The van der Waals surface area contributed by atoms with Crippen molar-refractivity contribution in [2.24, 2.45) is 0 Å². The molecule has 1 fully saturated rings. The first kappa shape index (κ1) is 14.9. The maximum absolute atomic E-state index is 13.3. The fourth-order valence-corrected chi connectivity index (χ4v) is 3.12. The van der Waals surface area contributed by atoms with Gasteiger partial charge in [-0.2, -0.15) is 13.2 Å². The summed E-state index contributed by atoms with van der Waals surface area (Å²) in [7, 11) is 0. The Labute approximate surface area is 136 Å². The van der Waals surface area contributed by atoms with Crippen molar-refractivity contribution in [1.82, 2.24) is 15.0 Å². The number of fused-ring (bicyclic) bond motifs is 1. The highest BCUT2D eigenvalue weighted by Crippen LogP contribution is 2.43. The number of benzene rings is 1. The van der Waals surface area contributed by atoms with E-state index < -0.39 is 11.7 Å². The highest BCUT2D eigenvalue weighted by molar-refractivity contribution is 5.87. The zero-order valence-electron chi connectivity index (χ0n) is 12.5. The Morgan fingerprint density at radius 2 is 1.83 bits per heavy atom. The SMILES string of the molecule is FC(F)(F)c1ccccc1C1CCN1c1ncnc2ncccc12. The standard InChI is InChI=1S/C17H13F3N4/c18-17(19,20)13-6-2-1-4-11(13)14-7-9-24(14)16-12-5-3-8-21-15(12)22-10-23-16/h1-6,8,10,14H,7,9H2. The summed E-state index contributed by atoms with van der Waals surface area (Å²) in [5.41, 5.74) is 0.236. The summed E-state index contributed by atoms with van der Waals surface area (Å²) in [6.07, 6.45) is -0.687. The summed E-state index contributed by atoms with van der Waals surface area (Å²) < 4.78 is 39.9. The number of hydrogen-bond donors (Lipinski definition) is 0. The minimum Gasteiger partial charge on any atom is -0.349 e. The van der Waals surface area contributed by atoms with E-state index in [1.165, 1.54) is 12.4 Å².